The average molecular weight is 315 g/mol. The number of furan rings is 1. The first-order chi connectivity index (χ1) is 11.1. The van der Waals surface area contributed by atoms with Crippen LogP contribution in [0.15, 0.2) is 47.1 Å². The van der Waals surface area contributed by atoms with Crippen LogP contribution in [0.2, 0.25) is 0 Å². The molecule has 0 unspecified atom stereocenters. The lowest BCUT2D eigenvalue weighted by molar-refractivity contribution is -0.116. The number of hydrogen-bond acceptors (Lipinski definition) is 5. The van der Waals surface area contributed by atoms with E-state index in [9.17, 15) is 14.7 Å². The zero-order chi connectivity index (χ0) is 16.7. The summed E-state index contributed by atoms with van der Waals surface area (Å²) in [5, 5.41) is 14.9. The van der Waals surface area contributed by atoms with Crippen molar-refractivity contribution in [2.45, 2.75) is 6.42 Å². The molecule has 0 radical (unpaired) electrons. The van der Waals surface area contributed by atoms with Crippen molar-refractivity contribution in [1.82, 2.24) is 0 Å². The molecule has 0 saturated heterocycles. The number of benzene rings is 1. The zero-order valence-electron chi connectivity index (χ0n) is 12.3. The predicted molar refractivity (Wildman–Crippen MR) is 86.8 cm³/mol. The first kappa shape index (κ1) is 16.3. The van der Waals surface area contributed by atoms with Crippen LogP contribution in [0.3, 0.4) is 0 Å². The highest BCUT2D eigenvalue weighted by molar-refractivity contribution is 6.02. The minimum atomic E-state index is -0.369. The quantitative estimate of drug-likeness (QED) is 0.369. The molecule has 0 spiro atoms. The van der Waals surface area contributed by atoms with Crippen molar-refractivity contribution < 1.29 is 19.1 Å². The largest absolute Gasteiger partial charge is 0.506 e. The molecule has 2 amide bonds. The summed E-state index contributed by atoms with van der Waals surface area (Å²) in [7, 11) is 0. The molecule has 0 fully saturated rings. The number of amides is 2. The molecule has 0 saturated carbocycles. The minimum Gasteiger partial charge on any atom is -0.506 e. The number of phenolic OH excluding ortho intramolecular Hbond substituents is 1. The van der Waals surface area contributed by atoms with Gasteiger partial charge in [-0.3, -0.25) is 9.59 Å². The van der Waals surface area contributed by atoms with Crippen LogP contribution < -0.4 is 16.4 Å². The summed E-state index contributed by atoms with van der Waals surface area (Å²) in [6.07, 6.45) is 4.49. The first-order valence-corrected chi connectivity index (χ1v) is 6.94. The van der Waals surface area contributed by atoms with Crippen molar-refractivity contribution in [2.24, 2.45) is 5.73 Å². The number of aromatic hydroxyl groups is 1. The van der Waals surface area contributed by atoms with Gasteiger partial charge in [-0.25, -0.2) is 0 Å². The van der Waals surface area contributed by atoms with Crippen molar-refractivity contribution in [2.75, 3.05) is 17.2 Å². The van der Waals surface area contributed by atoms with E-state index in [1.807, 2.05) is 0 Å². The molecular formula is C16H17N3O4. The molecule has 23 heavy (non-hydrogen) atoms. The van der Waals surface area contributed by atoms with Gasteiger partial charge >= 0.3 is 0 Å². The van der Waals surface area contributed by atoms with Crippen LogP contribution >= 0.6 is 0 Å². The number of anilines is 2. The summed E-state index contributed by atoms with van der Waals surface area (Å²) < 4.78 is 5.08. The van der Waals surface area contributed by atoms with E-state index >= 15 is 0 Å². The molecule has 0 atom stereocenters. The third-order valence-electron chi connectivity index (χ3n) is 2.85. The summed E-state index contributed by atoms with van der Waals surface area (Å²) in [5.74, 6) is -0.226. The molecule has 0 aliphatic heterocycles. The summed E-state index contributed by atoms with van der Waals surface area (Å²) in [5.41, 5.74) is 5.93. The minimum absolute atomic E-state index is 0.0977. The Hall–Kier alpha value is -3.06. The van der Waals surface area contributed by atoms with E-state index in [4.69, 9.17) is 10.2 Å². The molecule has 1 aromatic carbocycles. The van der Waals surface area contributed by atoms with Gasteiger partial charge in [-0.1, -0.05) is 0 Å². The SMILES string of the molecule is NCCC(=O)Nc1cc(NC(=O)/C=C/c2ccco2)ccc1O. The van der Waals surface area contributed by atoms with E-state index in [-0.39, 0.29) is 36.2 Å². The molecule has 1 heterocycles. The summed E-state index contributed by atoms with van der Waals surface area (Å²) in [4.78, 5) is 23.3. The fraction of sp³-hybridized carbons (Fsp3) is 0.125. The van der Waals surface area contributed by atoms with Gasteiger partial charge in [0.1, 0.15) is 11.5 Å². The van der Waals surface area contributed by atoms with Gasteiger partial charge in [-0.15, -0.1) is 0 Å². The molecule has 0 aliphatic carbocycles. The Morgan fingerprint density at radius 2 is 2.09 bits per heavy atom. The Morgan fingerprint density at radius 1 is 1.26 bits per heavy atom. The van der Waals surface area contributed by atoms with Crippen molar-refractivity contribution in [3.8, 4) is 5.75 Å². The van der Waals surface area contributed by atoms with Gasteiger partial charge in [0.15, 0.2) is 0 Å². The molecular weight excluding hydrogens is 298 g/mol. The monoisotopic (exact) mass is 315 g/mol. The summed E-state index contributed by atoms with van der Waals surface area (Å²) >= 11 is 0. The van der Waals surface area contributed by atoms with Gasteiger partial charge < -0.3 is 25.9 Å². The summed E-state index contributed by atoms with van der Waals surface area (Å²) in [6, 6.07) is 7.79. The van der Waals surface area contributed by atoms with E-state index in [0.717, 1.165) is 0 Å². The van der Waals surface area contributed by atoms with Crippen LogP contribution in [0.1, 0.15) is 12.2 Å². The maximum Gasteiger partial charge on any atom is 0.248 e. The van der Waals surface area contributed by atoms with Gasteiger partial charge in [-0.05, 0) is 36.4 Å². The average Bonchev–Trinajstić information content (AvgIpc) is 3.02. The second-order valence-corrected chi connectivity index (χ2v) is 4.66. The molecule has 7 heteroatoms. The third-order valence-corrected chi connectivity index (χ3v) is 2.85. The van der Waals surface area contributed by atoms with Crippen molar-refractivity contribution in [1.29, 1.82) is 0 Å². The van der Waals surface area contributed by atoms with Crippen LogP contribution in [0.4, 0.5) is 11.4 Å². The van der Waals surface area contributed by atoms with E-state index in [0.29, 0.717) is 11.4 Å². The number of rotatable bonds is 6. The highest BCUT2D eigenvalue weighted by Crippen LogP contribution is 2.26. The fourth-order valence-electron chi connectivity index (χ4n) is 1.79. The fourth-order valence-corrected chi connectivity index (χ4v) is 1.79. The summed E-state index contributed by atoms with van der Waals surface area (Å²) in [6.45, 7) is 0.209. The van der Waals surface area contributed by atoms with Gasteiger partial charge in [0.05, 0.1) is 12.0 Å². The van der Waals surface area contributed by atoms with Crippen molar-refractivity contribution in [3.05, 3.63) is 48.4 Å². The molecule has 120 valence electrons. The third kappa shape index (κ3) is 5.01. The lowest BCUT2D eigenvalue weighted by Crippen LogP contribution is -2.16. The van der Waals surface area contributed by atoms with E-state index in [1.165, 1.54) is 36.6 Å². The lowest BCUT2D eigenvalue weighted by Gasteiger charge is -2.09. The number of nitrogens with one attached hydrogen (secondary N) is 2. The number of carbonyl (C=O) groups is 2. The topological polar surface area (TPSA) is 118 Å². The molecule has 0 bridgehead atoms. The number of nitrogens with two attached hydrogens (primary N) is 1. The smallest absolute Gasteiger partial charge is 0.248 e. The Labute approximate surface area is 132 Å². The second kappa shape index (κ2) is 7.81. The number of phenols is 1. The molecule has 2 aromatic rings. The number of carbonyl (C=O) groups excluding carboxylic acids is 2. The highest BCUT2D eigenvalue weighted by Gasteiger charge is 2.08. The standard InChI is InChI=1S/C16H17N3O4/c17-8-7-16(22)19-13-10-11(3-5-14(13)20)18-15(21)6-4-12-2-1-9-23-12/h1-6,9-10,20H,7-8,17H2,(H,18,21)(H,19,22)/b6-4+. The Kier molecular flexibility index (Phi) is 5.54. The number of hydrogen-bond donors (Lipinski definition) is 4. The van der Waals surface area contributed by atoms with E-state index in [2.05, 4.69) is 10.6 Å². The van der Waals surface area contributed by atoms with Gasteiger partial charge in [0.25, 0.3) is 0 Å². The maximum atomic E-state index is 11.8. The van der Waals surface area contributed by atoms with Gasteiger partial charge in [-0.2, -0.15) is 0 Å². The second-order valence-electron chi connectivity index (χ2n) is 4.66. The first-order valence-electron chi connectivity index (χ1n) is 6.94. The molecule has 5 N–H and O–H groups in total. The Bertz CT molecular complexity index is 708. The Morgan fingerprint density at radius 3 is 2.78 bits per heavy atom. The molecule has 7 nitrogen and oxygen atoms in total. The van der Waals surface area contributed by atoms with Crippen LogP contribution in [-0.4, -0.2) is 23.5 Å². The van der Waals surface area contributed by atoms with Crippen molar-refractivity contribution >= 4 is 29.3 Å². The van der Waals surface area contributed by atoms with E-state index in [1.54, 1.807) is 12.1 Å². The van der Waals surface area contributed by atoms with Crippen LogP contribution in [-0.2, 0) is 9.59 Å². The van der Waals surface area contributed by atoms with E-state index < -0.39 is 0 Å². The van der Waals surface area contributed by atoms with Crippen molar-refractivity contribution in [3.63, 3.8) is 0 Å². The van der Waals surface area contributed by atoms with Crippen LogP contribution in [0.5, 0.6) is 5.75 Å². The normalized spacial score (nSPS) is 10.7. The predicted octanol–water partition coefficient (Wildman–Crippen LogP) is 1.92. The molecule has 0 aliphatic rings. The van der Waals surface area contributed by atoms with Gasteiger partial charge in [0.2, 0.25) is 11.8 Å². The van der Waals surface area contributed by atoms with Gasteiger partial charge in [0, 0.05) is 24.7 Å². The lowest BCUT2D eigenvalue weighted by atomic mass is 10.2. The zero-order valence-corrected chi connectivity index (χ0v) is 12.3. The van der Waals surface area contributed by atoms with Crippen LogP contribution in [0.25, 0.3) is 6.08 Å². The molecule has 2 rings (SSSR count). The van der Waals surface area contributed by atoms with Crippen LogP contribution in [0, 0.1) is 0 Å². The Balaban J connectivity index is 2.02. The molecule has 1 aromatic heterocycles. The highest BCUT2D eigenvalue weighted by atomic mass is 16.3. The maximum absolute atomic E-state index is 11.8.